The summed E-state index contributed by atoms with van der Waals surface area (Å²) in [6, 6.07) is -0.127. The number of nitrogens with zero attached hydrogens (tertiary/aromatic N) is 4. The topological polar surface area (TPSA) is 96.6 Å². The number of amides is 1. The average molecular weight is 385 g/mol. The number of aromatic nitrogens is 2. The third-order valence-corrected chi connectivity index (χ3v) is 7.31. The molecule has 0 bridgehead atoms. The number of carbonyl (C=O) groups excluding carboxylic acids is 1. The zero-order valence-electron chi connectivity index (χ0n) is 15.6. The molecule has 1 amide bonds. The molecule has 0 unspecified atom stereocenters. The fourth-order valence-corrected chi connectivity index (χ4v) is 4.93. The molecule has 2 saturated heterocycles. The van der Waals surface area contributed by atoms with Gasteiger partial charge in [-0.3, -0.25) is 4.79 Å². The fraction of sp³-hybridized carbons (Fsp3) is 0.824. The van der Waals surface area contributed by atoms with Crippen LogP contribution < -0.4 is 0 Å². The second kappa shape index (κ2) is 8.04. The first-order valence-corrected chi connectivity index (χ1v) is 11.2. The Morgan fingerprint density at radius 2 is 1.77 bits per heavy atom. The predicted octanol–water partition coefficient (Wildman–Crippen LogP) is 2.06. The molecule has 2 aliphatic heterocycles. The molecule has 2 fully saturated rings. The average Bonchev–Trinajstić information content (AvgIpc) is 3.17. The first-order valence-electron chi connectivity index (χ1n) is 9.56. The Hall–Kier alpha value is -1.48. The fourth-order valence-electron chi connectivity index (χ4n) is 3.80. The largest absolute Gasteiger partial charge is 0.423 e. The van der Waals surface area contributed by atoms with Crippen molar-refractivity contribution >= 4 is 15.9 Å². The van der Waals surface area contributed by atoms with E-state index in [9.17, 15) is 13.2 Å². The van der Waals surface area contributed by atoms with Crippen LogP contribution in [-0.4, -0.2) is 59.1 Å². The Morgan fingerprint density at radius 1 is 1.08 bits per heavy atom. The smallest absolute Gasteiger partial charge is 0.238 e. The molecule has 3 rings (SSSR count). The van der Waals surface area contributed by atoms with Crippen LogP contribution in [0, 0.1) is 0 Å². The molecule has 0 N–H and O–H groups in total. The van der Waals surface area contributed by atoms with Crippen molar-refractivity contribution in [3.63, 3.8) is 0 Å². The molecule has 26 heavy (non-hydrogen) atoms. The monoisotopic (exact) mass is 384 g/mol. The first-order chi connectivity index (χ1) is 12.5. The lowest BCUT2D eigenvalue weighted by Gasteiger charge is -2.33. The van der Waals surface area contributed by atoms with Crippen molar-refractivity contribution < 1.29 is 17.6 Å². The van der Waals surface area contributed by atoms with Crippen molar-refractivity contribution in [2.75, 3.05) is 25.4 Å². The van der Waals surface area contributed by atoms with E-state index in [0.717, 1.165) is 25.8 Å². The van der Waals surface area contributed by atoms with Gasteiger partial charge in [-0.15, -0.1) is 10.2 Å². The zero-order chi connectivity index (χ0) is 18.7. The number of likely N-dealkylation sites (tertiary alicyclic amines) is 1. The summed E-state index contributed by atoms with van der Waals surface area (Å²) in [6.45, 7) is 5.25. The van der Waals surface area contributed by atoms with E-state index in [1.54, 1.807) is 11.2 Å². The van der Waals surface area contributed by atoms with Crippen molar-refractivity contribution in [1.82, 2.24) is 19.4 Å². The van der Waals surface area contributed by atoms with E-state index < -0.39 is 10.0 Å². The van der Waals surface area contributed by atoms with E-state index in [2.05, 4.69) is 10.2 Å². The predicted molar refractivity (Wildman–Crippen MR) is 95.9 cm³/mol. The van der Waals surface area contributed by atoms with Gasteiger partial charge in [-0.2, -0.15) is 0 Å². The highest BCUT2D eigenvalue weighted by Gasteiger charge is 2.34. The van der Waals surface area contributed by atoms with Crippen molar-refractivity contribution in [2.45, 2.75) is 64.3 Å². The SMILES string of the molecule is CCC(=O)N1CCCC[C@@H]1c1nnc(C2CCN(S(=O)(=O)CC)CC2)o1. The van der Waals surface area contributed by atoms with Crippen LogP contribution >= 0.6 is 0 Å². The van der Waals surface area contributed by atoms with Gasteiger partial charge in [0.2, 0.25) is 27.7 Å². The maximum absolute atomic E-state index is 12.2. The molecule has 0 aromatic carbocycles. The van der Waals surface area contributed by atoms with Crippen molar-refractivity contribution in [3.05, 3.63) is 11.8 Å². The van der Waals surface area contributed by atoms with Gasteiger partial charge in [0.1, 0.15) is 6.04 Å². The van der Waals surface area contributed by atoms with E-state index in [0.29, 0.717) is 44.1 Å². The van der Waals surface area contributed by atoms with Gasteiger partial charge in [-0.1, -0.05) is 6.92 Å². The third-order valence-electron chi connectivity index (χ3n) is 5.43. The second-order valence-electron chi connectivity index (χ2n) is 7.00. The summed E-state index contributed by atoms with van der Waals surface area (Å²) in [6.07, 6.45) is 4.74. The van der Waals surface area contributed by atoms with Crippen LogP contribution in [0.4, 0.5) is 0 Å². The van der Waals surface area contributed by atoms with Crippen LogP contribution in [0.5, 0.6) is 0 Å². The molecule has 0 aliphatic carbocycles. The molecule has 3 heterocycles. The molecule has 0 spiro atoms. The summed E-state index contributed by atoms with van der Waals surface area (Å²) in [5.74, 6) is 1.42. The zero-order valence-corrected chi connectivity index (χ0v) is 16.4. The number of sulfonamides is 1. The van der Waals surface area contributed by atoms with Gasteiger partial charge < -0.3 is 9.32 Å². The normalized spacial score (nSPS) is 23.3. The van der Waals surface area contributed by atoms with Gasteiger partial charge in [0.15, 0.2) is 0 Å². The maximum Gasteiger partial charge on any atom is 0.238 e. The van der Waals surface area contributed by atoms with Crippen molar-refractivity contribution in [1.29, 1.82) is 0 Å². The number of carbonyl (C=O) groups is 1. The van der Waals surface area contributed by atoms with E-state index in [4.69, 9.17) is 4.42 Å². The van der Waals surface area contributed by atoms with Crippen LogP contribution in [-0.2, 0) is 14.8 Å². The lowest BCUT2D eigenvalue weighted by atomic mass is 9.98. The van der Waals surface area contributed by atoms with E-state index in [-0.39, 0.29) is 23.6 Å². The summed E-state index contributed by atoms with van der Waals surface area (Å²) in [4.78, 5) is 14.0. The highest BCUT2D eigenvalue weighted by atomic mass is 32.2. The number of piperidine rings is 2. The Labute approximate surface area is 155 Å². The van der Waals surface area contributed by atoms with Gasteiger partial charge in [0.25, 0.3) is 0 Å². The highest BCUT2D eigenvalue weighted by Crippen LogP contribution is 2.34. The van der Waals surface area contributed by atoms with Gasteiger partial charge >= 0.3 is 0 Å². The lowest BCUT2D eigenvalue weighted by Crippen LogP contribution is -2.38. The Kier molecular flexibility index (Phi) is 5.96. The summed E-state index contributed by atoms with van der Waals surface area (Å²) in [5, 5.41) is 8.44. The van der Waals surface area contributed by atoms with Crippen LogP contribution in [0.25, 0.3) is 0 Å². The van der Waals surface area contributed by atoms with Gasteiger partial charge in [-0.05, 0) is 39.0 Å². The molecule has 1 atom stereocenters. The van der Waals surface area contributed by atoms with Crippen LogP contribution in [0.1, 0.15) is 76.1 Å². The molecule has 0 radical (unpaired) electrons. The Balaban J connectivity index is 1.67. The summed E-state index contributed by atoms with van der Waals surface area (Å²) >= 11 is 0. The number of hydrogen-bond acceptors (Lipinski definition) is 6. The minimum atomic E-state index is -3.14. The lowest BCUT2D eigenvalue weighted by molar-refractivity contribution is -0.135. The van der Waals surface area contributed by atoms with Gasteiger partial charge in [0.05, 0.1) is 5.75 Å². The van der Waals surface area contributed by atoms with Gasteiger partial charge in [0, 0.05) is 32.0 Å². The first kappa shape index (κ1) is 19.3. The van der Waals surface area contributed by atoms with Crippen molar-refractivity contribution in [3.8, 4) is 0 Å². The molecule has 1 aromatic heterocycles. The standard InChI is InChI=1S/C17H28N4O4S/c1-3-15(22)21-10-6-5-7-14(21)17-19-18-16(25-17)13-8-11-20(12-9-13)26(23,24)4-2/h13-14H,3-12H2,1-2H3/t14-/m1/s1. The van der Waals surface area contributed by atoms with Crippen molar-refractivity contribution in [2.24, 2.45) is 0 Å². The molecule has 0 saturated carbocycles. The summed E-state index contributed by atoms with van der Waals surface area (Å²) in [7, 11) is -3.14. The number of rotatable bonds is 5. The second-order valence-corrected chi connectivity index (χ2v) is 9.26. The number of hydrogen-bond donors (Lipinski definition) is 0. The van der Waals surface area contributed by atoms with Crippen LogP contribution in [0.2, 0.25) is 0 Å². The molecule has 2 aliphatic rings. The van der Waals surface area contributed by atoms with Crippen LogP contribution in [0.15, 0.2) is 4.42 Å². The molecule has 8 nitrogen and oxygen atoms in total. The Bertz CT molecular complexity index is 725. The third kappa shape index (κ3) is 3.93. The van der Waals surface area contributed by atoms with Crippen LogP contribution in [0.3, 0.4) is 0 Å². The maximum atomic E-state index is 12.2. The molecule has 1 aromatic rings. The molecule has 9 heteroatoms. The van der Waals surface area contributed by atoms with E-state index in [1.807, 2.05) is 11.8 Å². The minimum Gasteiger partial charge on any atom is -0.423 e. The summed E-state index contributed by atoms with van der Waals surface area (Å²) < 4.78 is 31.4. The quantitative estimate of drug-likeness (QED) is 0.771. The van der Waals surface area contributed by atoms with Gasteiger partial charge in [-0.25, -0.2) is 12.7 Å². The molecular formula is C17H28N4O4S. The minimum absolute atomic E-state index is 0.0819. The Morgan fingerprint density at radius 3 is 2.42 bits per heavy atom. The molecular weight excluding hydrogens is 356 g/mol. The van der Waals surface area contributed by atoms with E-state index >= 15 is 0 Å². The highest BCUT2D eigenvalue weighted by molar-refractivity contribution is 7.89. The molecule has 146 valence electrons. The van der Waals surface area contributed by atoms with E-state index in [1.165, 1.54) is 0 Å². The summed E-state index contributed by atoms with van der Waals surface area (Å²) in [5.41, 5.74) is 0.